The van der Waals surface area contributed by atoms with E-state index in [-0.39, 0.29) is 0 Å². The molecule has 0 amide bonds. The van der Waals surface area contributed by atoms with Crippen LogP contribution in [-0.2, 0) is 0 Å². The van der Waals surface area contributed by atoms with Crippen molar-refractivity contribution in [2.24, 2.45) is 0 Å². The summed E-state index contributed by atoms with van der Waals surface area (Å²) < 4.78 is 11.9. The second kappa shape index (κ2) is 5.02. The average Bonchev–Trinajstić information content (AvgIpc) is 2.88. The molecule has 0 saturated heterocycles. The van der Waals surface area contributed by atoms with Gasteiger partial charge in [-0.05, 0) is 30.3 Å². The Hall–Kier alpha value is -2.27. The van der Waals surface area contributed by atoms with Crippen LogP contribution in [-0.4, -0.2) is 19.2 Å². The molecule has 0 saturated carbocycles. The summed E-state index contributed by atoms with van der Waals surface area (Å²) in [6, 6.07) is 11.4. The summed E-state index contributed by atoms with van der Waals surface area (Å²) in [5.41, 5.74) is 8.35. The van der Waals surface area contributed by atoms with Crippen LogP contribution in [0.15, 0.2) is 36.4 Å². The summed E-state index contributed by atoms with van der Waals surface area (Å²) >= 11 is 1.57. The Labute approximate surface area is 120 Å². The number of rotatable bonds is 3. The van der Waals surface area contributed by atoms with Crippen LogP contribution >= 0.6 is 11.3 Å². The van der Waals surface area contributed by atoms with E-state index >= 15 is 0 Å². The zero-order chi connectivity index (χ0) is 14.1. The fraction of sp³-hybridized carbons (Fsp3) is 0.133. The first-order valence-electron chi connectivity index (χ1n) is 6.10. The van der Waals surface area contributed by atoms with Crippen LogP contribution in [0.25, 0.3) is 20.8 Å². The largest absolute Gasteiger partial charge is 0.496 e. The van der Waals surface area contributed by atoms with Crippen molar-refractivity contribution in [3.8, 4) is 22.1 Å². The number of anilines is 1. The van der Waals surface area contributed by atoms with Gasteiger partial charge in [0.25, 0.3) is 0 Å². The van der Waals surface area contributed by atoms with Gasteiger partial charge >= 0.3 is 0 Å². The first-order valence-corrected chi connectivity index (χ1v) is 6.92. The zero-order valence-electron chi connectivity index (χ0n) is 11.2. The molecule has 0 aliphatic heterocycles. The van der Waals surface area contributed by atoms with Gasteiger partial charge in [0, 0.05) is 5.69 Å². The SMILES string of the molecule is COc1cccc(OC)c1-c1nc2ccc(N)cc2s1. The van der Waals surface area contributed by atoms with Crippen LogP contribution in [0, 0.1) is 0 Å². The molecule has 0 unspecified atom stereocenters. The molecule has 0 spiro atoms. The number of hydrogen-bond donors (Lipinski definition) is 1. The Balaban J connectivity index is 2.24. The van der Waals surface area contributed by atoms with Gasteiger partial charge in [0.15, 0.2) is 0 Å². The molecule has 2 aromatic carbocycles. The Morgan fingerprint density at radius 1 is 1.05 bits per heavy atom. The monoisotopic (exact) mass is 286 g/mol. The Morgan fingerprint density at radius 2 is 1.75 bits per heavy atom. The molecular formula is C15H14N2O2S. The third-order valence-corrected chi connectivity index (χ3v) is 4.09. The Bertz CT molecular complexity index is 745. The molecule has 0 atom stereocenters. The number of ether oxygens (including phenoxy) is 2. The number of thiazole rings is 1. The van der Waals surface area contributed by atoms with Crippen molar-refractivity contribution in [2.45, 2.75) is 0 Å². The van der Waals surface area contributed by atoms with Gasteiger partial charge in [-0.3, -0.25) is 0 Å². The quantitative estimate of drug-likeness (QED) is 0.748. The topological polar surface area (TPSA) is 57.4 Å². The molecule has 1 heterocycles. The van der Waals surface area contributed by atoms with Crippen molar-refractivity contribution in [2.75, 3.05) is 20.0 Å². The summed E-state index contributed by atoms with van der Waals surface area (Å²) in [5.74, 6) is 1.49. The number of nitrogens with two attached hydrogens (primary N) is 1. The summed E-state index contributed by atoms with van der Waals surface area (Å²) in [6.07, 6.45) is 0. The van der Waals surface area contributed by atoms with Crippen molar-refractivity contribution in [1.82, 2.24) is 4.98 Å². The van der Waals surface area contributed by atoms with Gasteiger partial charge in [0.05, 0.1) is 30.0 Å². The van der Waals surface area contributed by atoms with Gasteiger partial charge < -0.3 is 15.2 Å². The highest BCUT2D eigenvalue weighted by Gasteiger charge is 2.16. The van der Waals surface area contributed by atoms with E-state index in [1.165, 1.54) is 0 Å². The summed E-state index contributed by atoms with van der Waals surface area (Å²) in [7, 11) is 3.28. The standard InChI is InChI=1S/C15H14N2O2S/c1-18-11-4-3-5-12(19-2)14(11)15-17-10-7-6-9(16)8-13(10)20-15/h3-8H,16H2,1-2H3. The predicted octanol–water partition coefficient (Wildman–Crippen LogP) is 3.56. The van der Waals surface area contributed by atoms with Crippen LogP contribution in [0.4, 0.5) is 5.69 Å². The van der Waals surface area contributed by atoms with E-state index in [1.54, 1.807) is 25.6 Å². The van der Waals surface area contributed by atoms with E-state index in [9.17, 15) is 0 Å². The summed E-state index contributed by atoms with van der Waals surface area (Å²) in [6.45, 7) is 0. The lowest BCUT2D eigenvalue weighted by Crippen LogP contribution is -1.92. The van der Waals surface area contributed by atoms with Gasteiger partial charge in [0.2, 0.25) is 0 Å². The fourth-order valence-electron chi connectivity index (χ4n) is 2.11. The van der Waals surface area contributed by atoms with E-state index in [4.69, 9.17) is 15.2 Å². The minimum atomic E-state index is 0.736. The molecule has 2 N–H and O–H groups in total. The van der Waals surface area contributed by atoms with Gasteiger partial charge in [0.1, 0.15) is 16.5 Å². The minimum Gasteiger partial charge on any atom is -0.496 e. The minimum absolute atomic E-state index is 0.736. The van der Waals surface area contributed by atoms with Crippen molar-refractivity contribution >= 4 is 27.2 Å². The van der Waals surface area contributed by atoms with Gasteiger partial charge in [-0.1, -0.05) is 6.07 Å². The molecule has 3 aromatic rings. The van der Waals surface area contributed by atoms with Crippen LogP contribution < -0.4 is 15.2 Å². The van der Waals surface area contributed by atoms with Gasteiger partial charge in [-0.25, -0.2) is 4.98 Å². The molecule has 102 valence electrons. The van der Waals surface area contributed by atoms with E-state index in [2.05, 4.69) is 4.98 Å². The first-order chi connectivity index (χ1) is 9.72. The smallest absolute Gasteiger partial charge is 0.132 e. The van der Waals surface area contributed by atoms with E-state index in [0.29, 0.717) is 0 Å². The molecule has 20 heavy (non-hydrogen) atoms. The Morgan fingerprint density at radius 3 is 2.40 bits per heavy atom. The molecule has 5 heteroatoms. The number of methoxy groups -OCH3 is 2. The molecule has 0 bridgehead atoms. The van der Waals surface area contributed by atoms with Crippen molar-refractivity contribution < 1.29 is 9.47 Å². The molecule has 3 rings (SSSR count). The second-order valence-electron chi connectivity index (χ2n) is 4.28. The fourth-order valence-corrected chi connectivity index (χ4v) is 3.18. The lowest BCUT2D eigenvalue weighted by molar-refractivity contribution is 0.397. The number of nitrogens with zero attached hydrogens (tertiary/aromatic N) is 1. The molecule has 1 aromatic heterocycles. The molecule has 0 radical (unpaired) electrons. The number of benzene rings is 2. The lowest BCUT2D eigenvalue weighted by atomic mass is 10.2. The summed E-state index contributed by atoms with van der Waals surface area (Å²) in [4.78, 5) is 4.64. The predicted molar refractivity (Wildman–Crippen MR) is 82.6 cm³/mol. The maximum Gasteiger partial charge on any atom is 0.132 e. The van der Waals surface area contributed by atoms with Crippen LogP contribution in [0.2, 0.25) is 0 Å². The van der Waals surface area contributed by atoms with E-state index < -0.39 is 0 Å². The van der Waals surface area contributed by atoms with Crippen molar-refractivity contribution in [3.05, 3.63) is 36.4 Å². The van der Waals surface area contributed by atoms with E-state index in [0.717, 1.165) is 38.0 Å². The second-order valence-corrected chi connectivity index (χ2v) is 5.31. The van der Waals surface area contributed by atoms with E-state index in [1.807, 2.05) is 36.4 Å². The highest BCUT2D eigenvalue weighted by molar-refractivity contribution is 7.21. The lowest BCUT2D eigenvalue weighted by Gasteiger charge is -2.10. The highest BCUT2D eigenvalue weighted by Crippen LogP contribution is 2.41. The number of aromatic nitrogens is 1. The van der Waals surface area contributed by atoms with Crippen molar-refractivity contribution in [3.63, 3.8) is 0 Å². The maximum absolute atomic E-state index is 5.81. The van der Waals surface area contributed by atoms with Crippen LogP contribution in [0.3, 0.4) is 0 Å². The first kappa shape index (κ1) is 12.7. The number of fused-ring (bicyclic) bond motifs is 1. The normalized spacial score (nSPS) is 10.7. The number of hydrogen-bond acceptors (Lipinski definition) is 5. The molecular weight excluding hydrogens is 272 g/mol. The number of nitrogen functional groups attached to an aromatic ring is 1. The average molecular weight is 286 g/mol. The molecule has 4 nitrogen and oxygen atoms in total. The van der Waals surface area contributed by atoms with Crippen LogP contribution in [0.1, 0.15) is 0 Å². The van der Waals surface area contributed by atoms with Crippen LogP contribution in [0.5, 0.6) is 11.5 Å². The third kappa shape index (κ3) is 2.06. The third-order valence-electron chi connectivity index (χ3n) is 3.05. The Kier molecular flexibility index (Phi) is 3.20. The maximum atomic E-state index is 5.81. The van der Waals surface area contributed by atoms with Crippen molar-refractivity contribution in [1.29, 1.82) is 0 Å². The molecule has 0 aliphatic carbocycles. The van der Waals surface area contributed by atoms with Gasteiger partial charge in [-0.2, -0.15) is 0 Å². The zero-order valence-corrected chi connectivity index (χ0v) is 12.0. The molecule has 0 fully saturated rings. The summed E-state index contributed by atoms with van der Waals surface area (Å²) in [5, 5.41) is 0.861. The highest BCUT2D eigenvalue weighted by atomic mass is 32.1. The molecule has 0 aliphatic rings. The van der Waals surface area contributed by atoms with Gasteiger partial charge in [-0.15, -0.1) is 11.3 Å².